The molecule has 1 aromatic heterocycles. The van der Waals surface area contributed by atoms with Crippen LogP contribution in [0.5, 0.6) is 5.75 Å². The number of hydrogen-bond acceptors (Lipinski definition) is 7. The molecule has 0 unspecified atom stereocenters. The Morgan fingerprint density at radius 1 is 1.14 bits per heavy atom. The minimum absolute atomic E-state index is 0.106. The van der Waals surface area contributed by atoms with Crippen LogP contribution in [0.2, 0.25) is 0 Å². The molecule has 0 radical (unpaired) electrons. The predicted octanol–water partition coefficient (Wildman–Crippen LogP) is 2.76. The van der Waals surface area contributed by atoms with Crippen molar-refractivity contribution in [1.82, 2.24) is 15.5 Å². The van der Waals surface area contributed by atoms with Crippen LogP contribution in [-0.4, -0.2) is 41.9 Å². The summed E-state index contributed by atoms with van der Waals surface area (Å²) in [5.41, 5.74) is 2.03. The Morgan fingerprint density at radius 2 is 1.93 bits per heavy atom. The number of carbonyl (C=O) groups excluding carboxylic acids is 2. The van der Waals surface area contributed by atoms with Crippen LogP contribution in [0, 0.1) is 0 Å². The zero-order valence-electron chi connectivity index (χ0n) is 16.0. The fourth-order valence-corrected chi connectivity index (χ4v) is 3.07. The Bertz CT molecular complexity index is 988. The van der Waals surface area contributed by atoms with Crippen LogP contribution in [0.4, 0.5) is 5.69 Å². The highest BCUT2D eigenvalue weighted by molar-refractivity contribution is 7.99. The minimum Gasteiger partial charge on any atom is -0.497 e. The van der Waals surface area contributed by atoms with E-state index in [1.807, 2.05) is 24.3 Å². The molecule has 2 N–H and O–H groups in total. The Kier molecular flexibility index (Phi) is 6.85. The van der Waals surface area contributed by atoms with Gasteiger partial charge in [0.15, 0.2) is 0 Å². The minimum atomic E-state index is -0.237. The largest absolute Gasteiger partial charge is 0.497 e. The van der Waals surface area contributed by atoms with Gasteiger partial charge >= 0.3 is 0 Å². The maximum absolute atomic E-state index is 12.2. The number of anilines is 1. The van der Waals surface area contributed by atoms with E-state index in [0.717, 1.165) is 23.1 Å². The van der Waals surface area contributed by atoms with Gasteiger partial charge in [-0.3, -0.25) is 9.59 Å². The van der Waals surface area contributed by atoms with E-state index in [-0.39, 0.29) is 17.6 Å². The molecule has 0 saturated heterocycles. The summed E-state index contributed by atoms with van der Waals surface area (Å²) in [6.07, 6.45) is 0.496. The third kappa shape index (κ3) is 5.82. The molecule has 2 amide bonds. The molecule has 1 heterocycles. The lowest BCUT2D eigenvalue weighted by molar-refractivity contribution is -0.113. The van der Waals surface area contributed by atoms with E-state index in [1.54, 1.807) is 38.4 Å². The highest BCUT2D eigenvalue weighted by Crippen LogP contribution is 2.20. The van der Waals surface area contributed by atoms with Crippen molar-refractivity contribution in [3.05, 3.63) is 65.5 Å². The molecule has 3 aromatic rings. The summed E-state index contributed by atoms with van der Waals surface area (Å²) in [4.78, 5) is 23.8. The molecule has 150 valence electrons. The van der Waals surface area contributed by atoms with E-state index in [1.165, 1.54) is 0 Å². The van der Waals surface area contributed by atoms with Crippen molar-refractivity contribution in [2.24, 2.45) is 0 Å². The lowest BCUT2D eigenvalue weighted by Crippen LogP contribution is -2.18. The summed E-state index contributed by atoms with van der Waals surface area (Å²) in [5, 5.41) is 13.6. The molecule has 0 saturated carbocycles. The summed E-state index contributed by atoms with van der Waals surface area (Å²) in [7, 11) is 3.17. The van der Waals surface area contributed by atoms with Crippen LogP contribution in [0.15, 0.2) is 58.2 Å². The molecule has 0 spiro atoms. The van der Waals surface area contributed by atoms with Gasteiger partial charge in [0, 0.05) is 18.3 Å². The Balaban J connectivity index is 1.51. The number of benzene rings is 2. The highest BCUT2D eigenvalue weighted by atomic mass is 32.2. The fraction of sp³-hybridized carbons (Fsp3) is 0.200. The summed E-state index contributed by atoms with van der Waals surface area (Å²) >= 11 is 1.15. The van der Waals surface area contributed by atoms with E-state index in [0.29, 0.717) is 28.8 Å². The maximum atomic E-state index is 12.2. The number of thioether (sulfide) groups is 1. The van der Waals surface area contributed by atoms with Gasteiger partial charge in [0.1, 0.15) is 5.75 Å². The van der Waals surface area contributed by atoms with Gasteiger partial charge in [-0.1, -0.05) is 30.0 Å². The number of nitrogens with zero attached hydrogens (tertiary/aromatic N) is 2. The van der Waals surface area contributed by atoms with Gasteiger partial charge in [-0.2, -0.15) is 0 Å². The van der Waals surface area contributed by atoms with Crippen LogP contribution in [0.1, 0.15) is 21.8 Å². The van der Waals surface area contributed by atoms with Gasteiger partial charge in [0.2, 0.25) is 11.8 Å². The summed E-state index contributed by atoms with van der Waals surface area (Å²) in [6.45, 7) is 0. The lowest BCUT2D eigenvalue weighted by atomic mass is 10.1. The number of rotatable bonds is 8. The number of carbonyl (C=O) groups is 2. The molecule has 0 atom stereocenters. The summed E-state index contributed by atoms with van der Waals surface area (Å²) < 4.78 is 10.7. The molecule has 0 aliphatic rings. The molecule has 29 heavy (non-hydrogen) atoms. The zero-order chi connectivity index (χ0) is 20.6. The molecule has 0 aliphatic carbocycles. The van der Waals surface area contributed by atoms with Gasteiger partial charge in [0.05, 0.1) is 19.3 Å². The molecular formula is C20H20N4O4S. The molecular weight excluding hydrogens is 392 g/mol. The third-order valence-corrected chi connectivity index (χ3v) is 4.74. The zero-order valence-corrected chi connectivity index (χ0v) is 16.8. The van der Waals surface area contributed by atoms with E-state index in [9.17, 15) is 9.59 Å². The topological polar surface area (TPSA) is 106 Å². The first-order valence-corrected chi connectivity index (χ1v) is 9.76. The van der Waals surface area contributed by atoms with Crippen molar-refractivity contribution in [2.45, 2.75) is 11.6 Å². The Morgan fingerprint density at radius 3 is 2.66 bits per heavy atom. The summed E-state index contributed by atoms with van der Waals surface area (Å²) in [5.74, 6) is 0.900. The number of ether oxygens (including phenoxy) is 1. The smallest absolute Gasteiger partial charge is 0.277 e. The molecule has 8 nitrogen and oxygen atoms in total. The molecule has 0 aliphatic heterocycles. The molecule has 9 heteroatoms. The van der Waals surface area contributed by atoms with Crippen LogP contribution in [0.3, 0.4) is 0 Å². The highest BCUT2D eigenvalue weighted by Gasteiger charge is 2.11. The third-order valence-electron chi connectivity index (χ3n) is 3.93. The normalized spacial score (nSPS) is 10.4. The van der Waals surface area contributed by atoms with Gasteiger partial charge in [-0.25, -0.2) is 0 Å². The van der Waals surface area contributed by atoms with E-state index >= 15 is 0 Å². The predicted molar refractivity (Wildman–Crippen MR) is 109 cm³/mol. The average Bonchev–Trinajstić information content (AvgIpc) is 3.19. The second-order valence-corrected chi connectivity index (χ2v) is 6.91. The Labute approximate surface area is 172 Å². The Hall–Kier alpha value is -3.33. The first kappa shape index (κ1) is 20.4. The fourth-order valence-electron chi connectivity index (χ4n) is 2.49. The van der Waals surface area contributed by atoms with Crippen LogP contribution >= 0.6 is 11.8 Å². The van der Waals surface area contributed by atoms with Crippen molar-refractivity contribution in [2.75, 3.05) is 25.2 Å². The number of amides is 2. The van der Waals surface area contributed by atoms with Crippen molar-refractivity contribution in [3.63, 3.8) is 0 Å². The van der Waals surface area contributed by atoms with Gasteiger partial charge in [-0.05, 0) is 35.9 Å². The number of nitrogens with one attached hydrogen (secondary N) is 2. The second-order valence-electron chi connectivity index (χ2n) is 5.98. The lowest BCUT2D eigenvalue weighted by Gasteiger charge is -2.06. The van der Waals surface area contributed by atoms with Crippen molar-refractivity contribution < 1.29 is 18.7 Å². The first-order chi connectivity index (χ1) is 14.1. The first-order valence-electron chi connectivity index (χ1n) is 8.77. The number of methoxy groups -OCH3 is 1. The average molecular weight is 412 g/mol. The molecule has 3 rings (SSSR count). The van der Waals surface area contributed by atoms with Crippen molar-refractivity contribution in [3.8, 4) is 5.75 Å². The summed E-state index contributed by atoms with van der Waals surface area (Å²) in [6, 6.07) is 14.3. The number of aromatic nitrogens is 2. The SMILES string of the molecule is CNC(=O)c1cccc(NC(=O)CSc2nnc(Cc3ccc(OC)cc3)o2)c1. The molecule has 0 fully saturated rings. The van der Waals surface area contributed by atoms with E-state index in [2.05, 4.69) is 20.8 Å². The monoisotopic (exact) mass is 412 g/mol. The van der Waals surface area contributed by atoms with E-state index < -0.39 is 0 Å². The maximum Gasteiger partial charge on any atom is 0.277 e. The van der Waals surface area contributed by atoms with Crippen LogP contribution in [0.25, 0.3) is 0 Å². The van der Waals surface area contributed by atoms with Crippen molar-refractivity contribution in [1.29, 1.82) is 0 Å². The van der Waals surface area contributed by atoms with Gasteiger partial charge < -0.3 is 19.8 Å². The quantitative estimate of drug-likeness (QED) is 0.548. The van der Waals surface area contributed by atoms with Gasteiger partial charge in [-0.15, -0.1) is 10.2 Å². The van der Waals surface area contributed by atoms with Crippen LogP contribution in [-0.2, 0) is 11.2 Å². The number of hydrogen-bond donors (Lipinski definition) is 2. The second kappa shape index (κ2) is 9.74. The molecule has 0 bridgehead atoms. The molecule has 2 aromatic carbocycles. The van der Waals surface area contributed by atoms with Crippen LogP contribution < -0.4 is 15.4 Å². The van der Waals surface area contributed by atoms with Gasteiger partial charge in [0.25, 0.3) is 11.1 Å². The van der Waals surface area contributed by atoms with Crippen molar-refractivity contribution >= 4 is 29.3 Å². The van der Waals surface area contributed by atoms with E-state index in [4.69, 9.17) is 9.15 Å². The standard InChI is InChI=1S/C20H20N4O4S/c1-21-19(26)14-4-3-5-15(11-14)22-17(25)12-29-20-24-23-18(28-20)10-13-6-8-16(27-2)9-7-13/h3-9,11H,10,12H2,1-2H3,(H,21,26)(H,22,25).